The van der Waals surface area contributed by atoms with Crippen LogP contribution in [0.25, 0.3) is 22.0 Å². The molecular formula is C29H18Br2ClN3O3. The van der Waals surface area contributed by atoms with Crippen molar-refractivity contribution >= 4 is 72.5 Å². The smallest absolute Gasteiger partial charge is 0.343 e. The maximum Gasteiger partial charge on any atom is 0.343 e. The van der Waals surface area contributed by atoms with Crippen LogP contribution in [-0.2, 0) is 0 Å². The van der Waals surface area contributed by atoms with Crippen LogP contribution < -0.4 is 10.2 Å². The SMILES string of the molecule is O=C(Oc1ccc(Br)cc1C=NNC(=O)c1[nH]c2ccc(Br)cc2c1-c1ccccc1Cl)c1ccccc1. The predicted octanol–water partition coefficient (Wildman–Crippen LogP) is 8.00. The molecule has 1 amide bonds. The quantitative estimate of drug-likeness (QED) is 0.0845. The molecule has 0 aliphatic carbocycles. The Labute approximate surface area is 239 Å². The summed E-state index contributed by atoms with van der Waals surface area (Å²) in [6, 6.07) is 26.9. The summed E-state index contributed by atoms with van der Waals surface area (Å²) in [5.41, 5.74) is 5.96. The standard InChI is InChI=1S/C29H18Br2ClN3O3/c30-19-11-13-25(38-29(37)17-6-2-1-3-7-17)18(14-19)16-33-35-28(36)27-26(21-8-4-5-9-23(21)32)22-15-20(31)10-12-24(22)34-27/h1-16,34H,(H,35,36). The zero-order valence-corrected chi connectivity index (χ0v) is 23.5. The first-order valence-electron chi connectivity index (χ1n) is 11.4. The van der Waals surface area contributed by atoms with Crippen LogP contribution in [0.15, 0.2) is 105 Å². The number of hydrogen-bond donors (Lipinski definition) is 2. The highest BCUT2D eigenvalue weighted by Gasteiger charge is 2.21. The monoisotopic (exact) mass is 649 g/mol. The summed E-state index contributed by atoms with van der Waals surface area (Å²) in [6.07, 6.45) is 1.42. The minimum atomic E-state index is -0.500. The average Bonchev–Trinajstić information content (AvgIpc) is 3.29. The first-order chi connectivity index (χ1) is 18.4. The Bertz CT molecular complexity index is 1700. The Morgan fingerprint density at radius 3 is 2.39 bits per heavy atom. The van der Waals surface area contributed by atoms with Crippen molar-refractivity contribution in [3.8, 4) is 16.9 Å². The highest BCUT2D eigenvalue weighted by atomic mass is 79.9. The Morgan fingerprint density at radius 2 is 1.61 bits per heavy atom. The van der Waals surface area contributed by atoms with Gasteiger partial charge in [-0.2, -0.15) is 5.10 Å². The number of esters is 1. The van der Waals surface area contributed by atoms with Gasteiger partial charge in [0.2, 0.25) is 0 Å². The number of nitrogens with one attached hydrogen (secondary N) is 2. The Hall–Kier alpha value is -3.72. The van der Waals surface area contributed by atoms with Crippen molar-refractivity contribution in [3.05, 3.63) is 122 Å². The van der Waals surface area contributed by atoms with Crippen LogP contribution in [0.5, 0.6) is 5.75 Å². The average molecular weight is 652 g/mol. The molecule has 2 N–H and O–H groups in total. The van der Waals surface area contributed by atoms with Gasteiger partial charge in [0.25, 0.3) is 5.91 Å². The van der Waals surface area contributed by atoms with Gasteiger partial charge < -0.3 is 9.72 Å². The summed E-state index contributed by atoms with van der Waals surface area (Å²) in [5, 5.41) is 5.50. The second kappa shape index (κ2) is 11.3. The lowest BCUT2D eigenvalue weighted by Gasteiger charge is -2.08. The molecule has 5 aromatic rings. The van der Waals surface area contributed by atoms with Crippen molar-refractivity contribution in [1.29, 1.82) is 0 Å². The van der Waals surface area contributed by atoms with Crippen LogP contribution in [0, 0.1) is 0 Å². The van der Waals surface area contributed by atoms with E-state index in [9.17, 15) is 9.59 Å². The third kappa shape index (κ3) is 5.57. The summed E-state index contributed by atoms with van der Waals surface area (Å²) in [4.78, 5) is 29.1. The molecule has 0 radical (unpaired) electrons. The van der Waals surface area contributed by atoms with E-state index < -0.39 is 11.9 Å². The zero-order chi connectivity index (χ0) is 26.6. The molecule has 0 saturated heterocycles. The van der Waals surface area contributed by atoms with Gasteiger partial charge in [0.05, 0.1) is 11.8 Å². The van der Waals surface area contributed by atoms with E-state index in [1.54, 1.807) is 48.5 Å². The number of fused-ring (bicyclic) bond motifs is 1. The van der Waals surface area contributed by atoms with Crippen LogP contribution in [0.4, 0.5) is 0 Å². The van der Waals surface area contributed by atoms with E-state index in [4.69, 9.17) is 16.3 Å². The lowest BCUT2D eigenvalue weighted by Crippen LogP contribution is -2.19. The van der Waals surface area contributed by atoms with E-state index in [0.29, 0.717) is 33.2 Å². The van der Waals surface area contributed by atoms with E-state index in [-0.39, 0.29) is 0 Å². The molecule has 6 nitrogen and oxygen atoms in total. The highest BCUT2D eigenvalue weighted by molar-refractivity contribution is 9.10. The van der Waals surface area contributed by atoms with E-state index in [0.717, 1.165) is 25.4 Å². The van der Waals surface area contributed by atoms with Crippen molar-refractivity contribution < 1.29 is 14.3 Å². The minimum absolute atomic E-state index is 0.298. The highest BCUT2D eigenvalue weighted by Crippen LogP contribution is 2.37. The van der Waals surface area contributed by atoms with E-state index in [1.807, 2.05) is 42.5 Å². The van der Waals surface area contributed by atoms with Crippen LogP contribution in [0.2, 0.25) is 5.02 Å². The van der Waals surface area contributed by atoms with E-state index >= 15 is 0 Å². The topological polar surface area (TPSA) is 83.5 Å². The van der Waals surface area contributed by atoms with Gasteiger partial charge in [0.15, 0.2) is 0 Å². The molecule has 0 unspecified atom stereocenters. The van der Waals surface area contributed by atoms with E-state index in [1.165, 1.54) is 6.21 Å². The van der Waals surface area contributed by atoms with Gasteiger partial charge in [0, 0.05) is 41.6 Å². The Morgan fingerprint density at radius 1 is 0.895 bits per heavy atom. The van der Waals surface area contributed by atoms with Gasteiger partial charge in [-0.1, -0.05) is 79.9 Å². The van der Waals surface area contributed by atoms with E-state index in [2.05, 4.69) is 47.4 Å². The first kappa shape index (κ1) is 25.9. The number of amides is 1. The van der Waals surface area contributed by atoms with Crippen molar-refractivity contribution in [2.45, 2.75) is 0 Å². The Kier molecular flexibility index (Phi) is 7.74. The molecule has 0 aliphatic heterocycles. The molecule has 188 valence electrons. The van der Waals surface area contributed by atoms with Crippen LogP contribution in [0.1, 0.15) is 26.4 Å². The van der Waals surface area contributed by atoms with Gasteiger partial charge in [-0.05, 0) is 54.6 Å². The van der Waals surface area contributed by atoms with Crippen LogP contribution in [0.3, 0.4) is 0 Å². The van der Waals surface area contributed by atoms with Crippen molar-refractivity contribution in [2.75, 3.05) is 0 Å². The second-order valence-corrected chi connectivity index (χ2v) is 10.4. The number of hydrazone groups is 1. The number of carbonyl (C=O) groups excluding carboxylic acids is 2. The third-order valence-corrected chi connectivity index (χ3v) is 7.00. The van der Waals surface area contributed by atoms with Crippen molar-refractivity contribution in [3.63, 3.8) is 0 Å². The maximum absolute atomic E-state index is 13.3. The molecular weight excluding hydrogens is 634 g/mol. The molecule has 0 bridgehead atoms. The summed E-state index contributed by atoms with van der Waals surface area (Å²) >= 11 is 13.4. The molecule has 0 saturated carbocycles. The molecule has 5 rings (SSSR count). The van der Waals surface area contributed by atoms with Gasteiger partial charge in [-0.3, -0.25) is 4.79 Å². The number of rotatable bonds is 6. The summed E-state index contributed by atoms with van der Waals surface area (Å²) < 4.78 is 7.21. The molecule has 9 heteroatoms. The number of nitrogens with zero attached hydrogens (tertiary/aromatic N) is 1. The minimum Gasteiger partial charge on any atom is -0.422 e. The molecule has 38 heavy (non-hydrogen) atoms. The number of hydrogen-bond acceptors (Lipinski definition) is 4. The lowest BCUT2D eigenvalue weighted by atomic mass is 10.0. The fraction of sp³-hybridized carbons (Fsp3) is 0. The molecule has 0 atom stereocenters. The number of carbonyl (C=O) groups is 2. The number of aromatic nitrogens is 1. The normalized spacial score (nSPS) is 11.1. The molecule has 1 aromatic heterocycles. The van der Waals surface area contributed by atoms with Crippen molar-refractivity contribution in [1.82, 2.24) is 10.4 Å². The van der Waals surface area contributed by atoms with Gasteiger partial charge >= 0.3 is 5.97 Å². The molecule has 4 aromatic carbocycles. The molecule has 0 fully saturated rings. The lowest BCUT2D eigenvalue weighted by molar-refractivity contribution is 0.0734. The summed E-state index contributed by atoms with van der Waals surface area (Å²) in [5.74, 6) is -0.659. The Balaban J connectivity index is 1.44. The number of H-pyrrole nitrogens is 1. The summed E-state index contributed by atoms with van der Waals surface area (Å²) in [6.45, 7) is 0. The number of aromatic amines is 1. The molecule has 0 aliphatic rings. The van der Waals surface area contributed by atoms with Crippen LogP contribution in [-0.4, -0.2) is 23.1 Å². The fourth-order valence-corrected chi connectivity index (χ4v) is 4.91. The zero-order valence-electron chi connectivity index (χ0n) is 19.5. The van der Waals surface area contributed by atoms with Gasteiger partial charge in [0.1, 0.15) is 11.4 Å². The fourth-order valence-electron chi connectivity index (χ4n) is 3.94. The molecule has 1 heterocycles. The summed E-state index contributed by atoms with van der Waals surface area (Å²) in [7, 11) is 0. The van der Waals surface area contributed by atoms with Gasteiger partial charge in [-0.15, -0.1) is 0 Å². The molecule has 0 spiro atoms. The maximum atomic E-state index is 13.3. The number of halogens is 3. The van der Waals surface area contributed by atoms with Gasteiger partial charge in [-0.25, -0.2) is 10.2 Å². The first-order valence-corrected chi connectivity index (χ1v) is 13.3. The second-order valence-electron chi connectivity index (χ2n) is 8.18. The van der Waals surface area contributed by atoms with Crippen molar-refractivity contribution in [2.24, 2.45) is 5.10 Å². The predicted molar refractivity (Wildman–Crippen MR) is 157 cm³/mol. The van der Waals surface area contributed by atoms with Crippen LogP contribution >= 0.6 is 43.5 Å². The largest absolute Gasteiger partial charge is 0.422 e. The number of benzene rings is 4. The number of ether oxygens (including phenoxy) is 1. The third-order valence-electron chi connectivity index (χ3n) is 5.68.